The topological polar surface area (TPSA) is 63.7 Å². The number of methoxy groups -OCH3 is 1. The van der Waals surface area contributed by atoms with E-state index in [0.29, 0.717) is 19.6 Å². The van der Waals surface area contributed by atoms with Gasteiger partial charge in [0, 0.05) is 56.0 Å². The SMILES string of the molecule is COc1ccc2ccccc2c1CNC(=O)N1CCC(Oc2ccncc2C)CC1. The van der Waals surface area contributed by atoms with Crippen molar-refractivity contribution in [1.29, 1.82) is 0 Å². The van der Waals surface area contributed by atoms with Crippen LogP contribution in [0.15, 0.2) is 54.9 Å². The Balaban J connectivity index is 1.35. The third-order valence-corrected chi connectivity index (χ3v) is 5.63. The third kappa shape index (κ3) is 4.32. The zero-order valence-corrected chi connectivity index (χ0v) is 17.4. The molecule has 6 heteroatoms. The van der Waals surface area contributed by atoms with Crippen LogP contribution in [0.5, 0.6) is 11.5 Å². The molecule has 0 bridgehead atoms. The lowest BCUT2D eigenvalue weighted by atomic mass is 10.0. The lowest BCUT2D eigenvalue weighted by molar-refractivity contribution is 0.110. The van der Waals surface area contributed by atoms with Gasteiger partial charge in [0.15, 0.2) is 0 Å². The van der Waals surface area contributed by atoms with Crippen LogP contribution in [0.2, 0.25) is 0 Å². The molecular weight excluding hydrogens is 378 g/mol. The number of likely N-dealkylation sites (tertiary alicyclic amines) is 1. The first kappa shape index (κ1) is 20.0. The molecule has 0 radical (unpaired) electrons. The van der Waals surface area contributed by atoms with Crippen LogP contribution in [0.25, 0.3) is 10.8 Å². The average molecular weight is 405 g/mol. The van der Waals surface area contributed by atoms with Gasteiger partial charge in [0.1, 0.15) is 17.6 Å². The first-order valence-corrected chi connectivity index (χ1v) is 10.3. The van der Waals surface area contributed by atoms with Gasteiger partial charge in [0.25, 0.3) is 0 Å². The zero-order valence-electron chi connectivity index (χ0n) is 17.4. The minimum absolute atomic E-state index is 0.0523. The molecule has 1 fully saturated rings. The largest absolute Gasteiger partial charge is 0.496 e. The first-order valence-electron chi connectivity index (χ1n) is 10.3. The Morgan fingerprint density at radius 1 is 1.13 bits per heavy atom. The second kappa shape index (κ2) is 9.03. The molecule has 4 rings (SSSR count). The van der Waals surface area contributed by atoms with Gasteiger partial charge in [-0.2, -0.15) is 0 Å². The summed E-state index contributed by atoms with van der Waals surface area (Å²) in [7, 11) is 1.66. The van der Waals surface area contributed by atoms with E-state index in [2.05, 4.69) is 22.4 Å². The van der Waals surface area contributed by atoms with Crippen LogP contribution in [-0.2, 0) is 6.54 Å². The Hall–Kier alpha value is -3.28. The third-order valence-electron chi connectivity index (χ3n) is 5.63. The molecule has 2 heterocycles. The molecular formula is C24H27N3O3. The van der Waals surface area contributed by atoms with Crippen molar-refractivity contribution in [3.05, 3.63) is 66.0 Å². The Morgan fingerprint density at radius 3 is 2.70 bits per heavy atom. The number of aryl methyl sites for hydroxylation is 1. The summed E-state index contributed by atoms with van der Waals surface area (Å²) in [5, 5.41) is 5.29. The number of carbonyl (C=O) groups is 1. The van der Waals surface area contributed by atoms with Gasteiger partial charge in [-0.25, -0.2) is 4.79 Å². The van der Waals surface area contributed by atoms with Gasteiger partial charge in [0.2, 0.25) is 0 Å². The van der Waals surface area contributed by atoms with Gasteiger partial charge in [-0.1, -0.05) is 30.3 Å². The zero-order chi connectivity index (χ0) is 20.9. The minimum Gasteiger partial charge on any atom is -0.496 e. The van der Waals surface area contributed by atoms with Crippen molar-refractivity contribution in [2.24, 2.45) is 0 Å². The molecule has 0 unspecified atom stereocenters. The summed E-state index contributed by atoms with van der Waals surface area (Å²) in [5.74, 6) is 1.66. The van der Waals surface area contributed by atoms with Crippen LogP contribution >= 0.6 is 0 Å². The first-order chi connectivity index (χ1) is 14.7. The van der Waals surface area contributed by atoms with E-state index in [-0.39, 0.29) is 12.1 Å². The highest BCUT2D eigenvalue weighted by Crippen LogP contribution is 2.28. The fourth-order valence-electron chi connectivity index (χ4n) is 3.91. The molecule has 0 saturated carbocycles. The fraction of sp³-hybridized carbons (Fsp3) is 0.333. The van der Waals surface area contributed by atoms with Crippen LogP contribution in [0.3, 0.4) is 0 Å². The summed E-state index contributed by atoms with van der Waals surface area (Å²) in [6, 6.07) is 14.0. The summed E-state index contributed by atoms with van der Waals surface area (Å²) in [4.78, 5) is 18.7. The monoisotopic (exact) mass is 405 g/mol. The number of hydrogen-bond acceptors (Lipinski definition) is 4. The Labute approximate surface area is 176 Å². The molecule has 156 valence electrons. The number of piperidine rings is 1. The Bertz CT molecular complexity index is 1030. The number of amides is 2. The number of benzene rings is 2. The van der Waals surface area contributed by atoms with E-state index in [1.807, 2.05) is 42.2 Å². The van der Waals surface area contributed by atoms with E-state index in [1.54, 1.807) is 19.5 Å². The van der Waals surface area contributed by atoms with Crippen LogP contribution < -0.4 is 14.8 Å². The number of nitrogens with zero attached hydrogens (tertiary/aromatic N) is 2. The predicted octanol–water partition coefficient (Wildman–Crippen LogP) is 4.30. The molecule has 0 atom stereocenters. The molecule has 2 aromatic carbocycles. The van der Waals surface area contributed by atoms with Crippen LogP contribution in [0, 0.1) is 6.92 Å². The second-order valence-electron chi connectivity index (χ2n) is 7.57. The van der Waals surface area contributed by atoms with Crippen molar-refractivity contribution >= 4 is 16.8 Å². The standard InChI is InChI=1S/C24H27N3O3/c1-17-15-25-12-9-22(17)30-19-10-13-27(14-11-19)24(28)26-16-21-20-6-4-3-5-18(20)7-8-23(21)29-2/h3-9,12,15,19H,10-11,13-14,16H2,1-2H3,(H,26,28). The average Bonchev–Trinajstić information content (AvgIpc) is 2.79. The molecule has 1 aliphatic heterocycles. The van der Waals surface area contributed by atoms with Crippen LogP contribution in [0.4, 0.5) is 4.79 Å². The maximum absolute atomic E-state index is 12.8. The van der Waals surface area contributed by atoms with Gasteiger partial charge in [-0.3, -0.25) is 4.98 Å². The van der Waals surface area contributed by atoms with Crippen molar-refractivity contribution in [3.63, 3.8) is 0 Å². The van der Waals surface area contributed by atoms with Gasteiger partial charge in [-0.05, 0) is 29.8 Å². The Kier molecular flexibility index (Phi) is 6.02. The molecule has 0 spiro atoms. The number of aromatic nitrogens is 1. The summed E-state index contributed by atoms with van der Waals surface area (Å²) in [6.45, 7) is 3.77. The highest BCUT2D eigenvalue weighted by Gasteiger charge is 2.24. The maximum atomic E-state index is 12.8. The van der Waals surface area contributed by atoms with E-state index >= 15 is 0 Å². The molecule has 30 heavy (non-hydrogen) atoms. The minimum atomic E-state index is -0.0523. The van der Waals surface area contributed by atoms with Gasteiger partial charge in [0.05, 0.1) is 7.11 Å². The van der Waals surface area contributed by atoms with E-state index < -0.39 is 0 Å². The molecule has 1 aliphatic rings. The van der Waals surface area contributed by atoms with E-state index in [0.717, 1.165) is 46.2 Å². The number of urea groups is 1. The molecule has 0 aliphatic carbocycles. The number of hydrogen-bond donors (Lipinski definition) is 1. The normalized spacial score (nSPS) is 14.5. The lowest BCUT2D eigenvalue weighted by Crippen LogP contribution is -2.46. The second-order valence-corrected chi connectivity index (χ2v) is 7.57. The Morgan fingerprint density at radius 2 is 1.93 bits per heavy atom. The lowest BCUT2D eigenvalue weighted by Gasteiger charge is -2.32. The van der Waals surface area contributed by atoms with Gasteiger partial charge in [-0.15, -0.1) is 0 Å². The smallest absolute Gasteiger partial charge is 0.317 e. The number of fused-ring (bicyclic) bond motifs is 1. The van der Waals surface area contributed by atoms with Crippen molar-refractivity contribution in [1.82, 2.24) is 15.2 Å². The summed E-state index contributed by atoms with van der Waals surface area (Å²) < 4.78 is 11.6. The molecule has 1 aromatic heterocycles. The van der Waals surface area contributed by atoms with E-state index in [4.69, 9.17) is 9.47 Å². The number of nitrogens with one attached hydrogen (secondary N) is 1. The number of ether oxygens (including phenoxy) is 2. The van der Waals surface area contributed by atoms with Gasteiger partial charge >= 0.3 is 6.03 Å². The summed E-state index contributed by atoms with van der Waals surface area (Å²) in [6.07, 6.45) is 5.29. The van der Waals surface area contributed by atoms with E-state index in [9.17, 15) is 4.79 Å². The van der Waals surface area contributed by atoms with Crippen molar-refractivity contribution in [3.8, 4) is 11.5 Å². The number of pyridine rings is 1. The molecule has 1 N–H and O–H groups in total. The maximum Gasteiger partial charge on any atom is 0.317 e. The summed E-state index contributed by atoms with van der Waals surface area (Å²) in [5.41, 5.74) is 2.03. The van der Waals surface area contributed by atoms with Crippen molar-refractivity contribution in [2.75, 3.05) is 20.2 Å². The van der Waals surface area contributed by atoms with Crippen molar-refractivity contribution in [2.45, 2.75) is 32.4 Å². The number of rotatable bonds is 5. The van der Waals surface area contributed by atoms with E-state index in [1.165, 1.54) is 0 Å². The van der Waals surface area contributed by atoms with Gasteiger partial charge < -0.3 is 19.7 Å². The highest BCUT2D eigenvalue weighted by atomic mass is 16.5. The quantitative estimate of drug-likeness (QED) is 0.687. The fourth-order valence-corrected chi connectivity index (χ4v) is 3.91. The van der Waals surface area contributed by atoms with Crippen LogP contribution in [0.1, 0.15) is 24.0 Å². The van der Waals surface area contributed by atoms with Crippen LogP contribution in [-0.4, -0.2) is 42.2 Å². The molecule has 3 aromatic rings. The predicted molar refractivity (Wildman–Crippen MR) is 117 cm³/mol. The number of carbonyl (C=O) groups excluding carboxylic acids is 1. The van der Waals surface area contributed by atoms with Crippen molar-refractivity contribution < 1.29 is 14.3 Å². The highest BCUT2D eigenvalue weighted by molar-refractivity contribution is 5.88. The molecule has 1 saturated heterocycles. The molecule has 6 nitrogen and oxygen atoms in total. The summed E-state index contributed by atoms with van der Waals surface area (Å²) >= 11 is 0. The molecule has 2 amide bonds.